The summed E-state index contributed by atoms with van der Waals surface area (Å²) >= 11 is 0. The Hall–Kier alpha value is -1.75. The molecule has 1 aliphatic carbocycles. The van der Waals surface area contributed by atoms with Crippen LogP contribution in [0.1, 0.15) is 31.7 Å². The van der Waals surface area contributed by atoms with Crippen LogP contribution in [0.5, 0.6) is 5.75 Å². The fraction of sp³-hybridized carbons (Fsp3) is 0.588. The number of aliphatic imine (C=N–C) groups is 1. The fourth-order valence-corrected chi connectivity index (χ4v) is 2.96. The molecule has 3 rings (SSSR count). The number of hydrogen-bond acceptors (Lipinski definition) is 3. The van der Waals surface area contributed by atoms with Gasteiger partial charge in [0.15, 0.2) is 5.96 Å². The molecule has 0 amide bonds. The summed E-state index contributed by atoms with van der Waals surface area (Å²) in [6, 6.07) is 8.62. The minimum Gasteiger partial charge on any atom is -0.494 e. The second kappa shape index (κ2) is 6.57. The summed E-state index contributed by atoms with van der Waals surface area (Å²) in [4.78, 5) is 6.83. The van der Waals surface area contributed by atoms with Crippen molar-refractivity contribution in [2.24, 2.45) is 10.7 Å². The predicted molar refractivity (Wildman–Crippen MR) is 87.4 cm³/mol. The van der Waals surface area contributed by atoms with Crippen molar-refractivity contribution in [1.82, 2.24) is 4.90 Å². The summed E-state index contributed by atoms with van der Waals surface area (Å²) in [6.07, 6.45) is 1.29. The van der Waals surface area contributed by atoms with Gasteiger partial charge in [0.1, 0.15) is 5.75 Å². The maximum absolute atomic E-state index is 6.17. The third-order valence-electron chi connectivity index (χ3n) is 4.22. The van der Waals surface area contributed by atoms with Gasteiger partial charge in [0, 0.05) is 19.0 Å². The number of guanidine groups is 1. The summed E-state index contributed by atoms with van der Waals surface area (Å²) in [7, 11) is 0. The monoisotopic (exact) mass is 303 g/mol. The van der Waals surface area contributed by atoms with E-state index in [1.165, 1.54) is 5.56 Å². The van der Waals surface area contributed by atoms with Gasteiger partial charge in [-0.3, -0.25) is 0 Å². The van der Waals surface area contributed by atoms with Crippen molar-refractivity contribution in [2.45, 2.75) is 38.3 Å². The molecular formula is C17H25N3O2. The second-order valence-corrected chi connectivity index (χ2v) is 6.03. The molecule has 1 saturated carbocycles. The van der Waals surface area contributed by atoms with Crippen LogP contribution in [0.3, 0.4) is 0 Å². The van der Waals surface area contributed by atoms with Crippen LogP contribution in [0, 0.1) is 0 Å². The number of ether oxygens (including phenoxy) is 2. The minimum absolute atomic E-state index is 0.223. The van der Waals surface area contributed by atoms with Gasteiger partial charge >= 0.3 is 0 Å². The van der Waals surface area contributed by atoms with E-state index in [-0.39, 0.29) is 6.10 Å². The van der Waals surface area contributed by atoms with E-state index in [1.54, 1.807) is 0 Å². The highest BCUT2D eigenvalue weighted by molar-refractivity contribution is 5.78. The van der Waals surface area contributed by atoms with Gasteiger partial charge in [0.25, 0.3) is 0 Å². The molecule has 0 spiro atoms. The van der Waals surface area contributed by atoms with Crippen LogP contribution in [0.15, 0.2) is 29.3 Å². The van der Waals surface area contributed by atoms with E-state index >= 15 is 0 Å². The Bertz CT molecular complexity index is 546. The van der Waals surface area contributed by atoms with Crippen molar-refractivity contribution < 1.29 is 9.47 Å². The highest BCUT2D eigenvalue weighted by atomic mass is 16.5. The Kier molecular flexibility index (Phi) is 4.52. The summed E-state index contributed by atoms with van der Waals surface area (Å²) in [5, 5.41) is 0. The van der Waals surface area contributed by atoms with Crippen LogP contribution < -0.4 is 10.5 Å². The van der Waals surface area contributed by atoms with Gasteiger partial charge in [-0.05, 0) is 38.0 Å². The van der Waals surface area contributed by atoms with Crippen LogP contribution in [0.25, 0.3) is 0 Å². The fourth-order valence-electron chi connectivity index (χ4n) is 2.96. The quantitative estimate of drug-likeness (QED) is 0.682. The van der Waals surface area contributed by atoms with Crippen LogP contribution >= 0.6 is 0 Å². The van der Waals surface area contributed by atoms with Gasteiger partial charge in [-0.1, -0.05) is 12.1 Å². The first-order chi connectivity index (χ1) is 10.7. The van der Waals surface area contributed by atoms with Gasteiger partial charge in [-0.2, -0.15) is 0 Å². The smallest absolute Gasteiger partial charge is 0.191 e. The lowest BCUT2D eigenvalue weighted by atomic mass is 10.1. The van der Waals surface area contributed by atoms with Crippen molar-refractivity contribution in [2.75, 3.05) is 26.3 Å². The summed E-state index contributed by atoms with van der Waals surface area (Å²) in [5.74, 6) is 2.06. The zero-order valence-corrected chi connectivity index (χ0v) is 13.4. The van der Waals surface area contributed by atoms with E-state index in [4.69, 9.17) is 20.2 Å². The molecule has 2 aliphatic rings. The number of rotatable bonds is 4. The lowest BCUT2D eigenvalue weighted by molar-refractivity contribution is 0.00528. The standard InChI is InChI=1S/C17H25N3O2/c1-3-21-14-6-4-5-13(9-14)15-10-16(15)19-17(18)20-7-8-22-12(2)11-20/h4-6,9,12,15-16H,3,7-8,10-11H2,1-2H3,(H2,18,19)/t12?,15-,16+/m0/s1. The van der Waals surface area contributed by atoms with Crippen molar-refractivity contribution >= 4 is 5.96 Å². The van der Waals surface area contributed by atoms with Crippen LogP contribution in [-0.2, 0) is 4.74 Å². The third-order valence-corrected chi connectivity index (χ3v) is 4.22. The number of nitrogens with two attached hydrogens (primary N) is 1. The molecule has 1 heterocycles. The molecule has 1 aromatic rings. The Morgan fingerprint density at radius 1 is 1.50 bits per heavy atom. The second-order valence-electron chi connectivity index (χ2n) is 6.03. The zero-order chi connectivity index (χ0) is 15.5. The van der Waals surface area contributed by atoms with E-state index in [1.807, 2.05) is 19.1 Å². The van der Waals surface area contributed by atoms with Gasteiger partial charge in [-0.15, -0.1) is 0 Å². The van der Waals surface area contributed by atoms with Gasteiger partial charge in [0.2, 0.25) is 0 Å². The first-order valence-electron chi connectivity index (χ1n) is 8.10. The van der Waals surface area contributed by atoms with Crippen LogP contribution in [0.4, 0.5) is 0 Å². The molecule has 120 valence electrons. The lowest BCUT2D eigenvalue weighted by Crippen LogP contribution is -2.48. The van der Waals surface area contributed by atoms with Crippen molar-refractivity contribution in [3.8, 4) is 5.75 Å². The Balaban J connectivity index is 1.61. The van der Waals surface area contributed by atoms with Crippen molar-refractivity contribution in [1.29, 1.82) is 0 Å². The van der Waals surface area contributed by atoms with Crippen LogP contribution in [0.2, 0.25) is 0 Å². The molecule has 1 aliphatic heterocycles. The zero-order valence-electron chi connectivity index (χ0n) is 13.4. The van der Waals surface area contributed by atoms with E-state index < -0.39 is 0 Å². The number of morpholine rings is 1. The van der Waals surface area contributed by atoms with Crippen molar-refractivity contribution in [3.05, 3.63) is 29.8 Å². The molecule has 2 N–H and O–H groups in total. The van der Waals surface area contributed by atoms with Crippen molar-refractivity contribution in [3.63, 3.8) is 0 Å². The van der Waals surface area contributed by atoms with Crippen LogP contribution in [-0.4, -0.2) is 49.3 Å². The average molecular weight is 303 g/mol. The molecule has 0 bridgehead atoms. The normalized spacial score (nSPS) is 28.5. The van der Waals surface area contributed by atoms with E-state index in [0.717, 1.165) is 31.9 Å². The molecule has 1 saturated heterocycles. The Morgan fingerprint density at radius 2 is 2.36 bits per heavy atom. The first-order valence-corrected chi connectivity index (χ1v) is 8.10. The number of nitrogens with zero attached hydrogens (tertiary/aromatic N) is 2. The predicted octanol–water partition coefficient (Wildman–Crippen LogP) is 1.98. The molecule has 0 aromatic heterocycles. The summed E-state index contributed by atoms with van der Waals surface area (Å²) in [5.41, 5.74) is 7.46. The van der Waals surface area contributed by atoms with E-state index in [0.29, 0.717) is 24.5 Å². The molecule has 2 fully saturated rings. The van der Waals surface area contributed by atoms with Gasteiger partial charge in [-0.25, -0.2) is 4.99 Å². The molecule has 1 unspecified atom stereocenters. The number of benzene rings is 1. The van der Waals surface area contributed by atoms with E-state index in [2.05, 4.69) is 24.0 Å². The largest absolute Gasteiger partial charge is 0.494 e. The summed E-state index contributed by atoms with van der Waals surface area (Å²) < 4.78 is 11.1. The molecule has 3 atom stereocenters. The topological polar surface area (TPSA) is 60.1 Å². The highest BCUT2D eigenvalue weighted by Crippen LogP contribution is 2.44. The molecule has 22 heavy (non-hydrogen) atoms. The minimum atomic E-state index is 0.223. The van der Waals surface area contributed by atoms with E-state index in [9.17, 15) is 0 Å². The average Bonchev–Trinajstić information content (AvgIpc) is 3.27. The van der Waals surface area contributed by atoms with Gasteiger partial charge < -0.3 is 20.1 Å². The first kappa shape index (κ1) is 15.2. The maximum atomic E-state index is 6.17. The molecule has 5 heteroatoms. The Morgan fingerprint density at radius 3 is 3.14 bits per heavy atom. The summed E-state index contributed by atoms with van der Waals surface area (Å²) in [6.45, 7) is 7.14. The maximum Gasteiger partial charge on any atom is 0.191 e. The molecule has 1 aromatic carbocycles. The molecule has 0 radical (unpaired) electrons. The SMILES string of the molecule is CCOc1cccc([C@@H]2C[C@H]2N=C(N)N2CCOC(C)C2)c1. The highest BCUT2D eigenvalue weighted by Gasteiger charge is 2.39. The molecular weight excluding hydrogens is 278 g/mol. The third kappa shape index (κ3) is 3.53. The Labute approximate surface area is 132 Å². The lowest BCUT2D eigenvalue weighted by Gasteiger charge is -2.31. The number of hydrogen-bond donors (Lipinski definition) is 1. The molecule has 5 nitrogen and oxygen atoms in total. The van der Waals surface area contributed by atoms with Gasteiger partial charge in [0.05, 0.1) is 25.4 Å².